The molecule has 35 heavy (non-hydrogen) atoms. The van der Waals surface area contributed by atoms with Crippen LogP contribution in [0.4, 0.5) is 0 Å². The van der Waals surface area contributed by atoms with E-state index in [-0.39, 0.29) is 0 Å². The zero-order valence-corrected chi connectivity index (χ0v) is 21.3. The Morgan fingerprint density at radius 2 is 1.71 bits per heavy atom. The second kappa shape index (κ2) is 9.85. The first-order valence-corrected chi connectivity index (χ1v) is 12.8. The molecule has 5 rings (SSSR count). The van der Waals surface area contributed by atoms with Gasteiger partial charge in [-0.3, -0.25) is 0 Å². The first kappa shape index (κ1) is 23.6. The van der Waals surface area contributed by atoms with E-state index in [0.29, 0.717) is 11.7 Å². The molecule has 0 amide bonds. The average molecular weight is 486 g/mol. The van der Waals surface area contributed by atoms with Crippen LogP contribution in [0.2, 0.25) is 0 Å². The molecule has 7 heteroatoms. The molecule has 0 bridgehead atoms. The van der Waals surface area contributed by atoms with Gasteiger partial charge in [0.25, 0.3) is 0 Å². The van der Waals surface area contributed by atoms with E-state index in [1.165, 1.54) is 5.01 Å². The Kier molecular flexibility index (Phi) is 6.65. The van der Waals surface area contributed by atoms with Crippen molar-refractivity contribution in [2.75, 3.05) is 27.2 Å². The molecule has 0 saturated carbocycles. The summed E-state index contributed by atoms with van der Waals surface area (Å²) in [6.07, 6.45) is 4.04. The second-order valence-corrected chi connectivity index (χ2v) is 10.4. The molecule has 1 fully saturated rings. The molecule has 1 saturated heterocycles. The average Bonchev–Trinajstić information content (AvgIpc) is 3.35. The number of hydrogen-bond acceptors (Lipinski definition) is 7. The summed E-state index contributed by atoms with van der Waals surface area (Å²) in [4.78, 5) is 18.2. The number of likely N-dealkylation sites (tertiary alicyclic amines) is 1. The Hall–Kier alpha value is -3.13. The SMILES string of the molecule is COc1ccc(-c2nc(C3CCN(C)CC3)sc2-c2ccnc([C@@](C)(N)c3ccccc3)n2)cc1. The van der Waals surface area contributed by atoms with Crippen molar-refractivity contribution in [2.45, 2.75) is 31.2 Å². The molecule has 2 aromatic carbocycles. The number of hydrogen-bond donors (Lipinski definition) is 1. The predicted octanol–water partition coefficient (Wildman–Crippen LogP) is 5.31. The number of rotatable bonds is 6. The monoisotopic (exact) mass is 485 g/mol. The standard InChI is InChI=1S/C28H31N5OS/c1-28(29,21-7-5-4-6-8-21)27-30-16-13-23(31-27)25-24(19-9-11-22(34-3)12-10-19)32-26(35-25)20-14-17-33(2)18-15-20/h4-13,16,20H,14-15,17-18,29H2,1-3H3/t28-/m0/s1. The molecule has 0 unspecified atom stereocenters. The van der Waals surface area contributed by atoms with E-state index in [2.05, 4.69) is 29.1 Å². The molecule has 180 valence electrons. The van der Waals surface area contributed by atoms with Gasteiger partial charge in [-0.25, -0.2) is 15.0 Å². The van der Waals surface area contributed by atoms with Gasteiger partial charge in [-0.1, -0.05) is 30.3 Å². The third-order valence-corrected chi connectivity index (χ3v) is 8.04. The Balaban J connectivity index is 1.58. The second-order valence-electron chi connectivity index (χ2n) is 9.37. The van der Waals surface area contributed by atoms with Crippen molar-refractivity contribution in [1.29, 1.82) is 0 Å². The van der Waals surface area contributed by atoms with E-state index in [9.17, 15) is 0 Å². The summed E-state index contributed by atoms with van der Waals surface area (Å²) in [6.45, 7) is 4.15. The molecule has 0 radical (unpaired) electrons. The van der Waals surface area contributed by atoms with E-state index < -0.39 is 5.54 Å². The summed E-state index contributed by atoms with van der Waals surface area (Å²) >= 11 is 1.75. The highest BCUT2D eigenvalue weighted by Crippen LogP contribution is 2.41. The molecule has 1 atom stereocenters. The zero-order chi connectivity index (χ0) is 24.4. The molecule has 2 aromatic heterocycles. The first-order chi connectivity index (χ1) is 17.0. The molecule has 6 nitrogen and oxygen atoms in total. The van der Waals surface area contributed by atoms with Crippen LogP contribution in [0, 0.1) is 0 Å². The molecular weight excluding hydrogens is 454 g/mol. The third kappa shape index (κ3) is 4.85. The molecule has 1 aliphatic rings. The highest BCUT2D eigenvalue weighted by atomic mass is 32.1. The minimum atomic E-state index is -0.807. The lowest BCUT2D eigenvalue weighted by molar-refractivity contribution is 0.255. The number of thiazole rings is 1. The van der Waals surface area contributed by atoms with Crippen LogP contribution in [-0.4, -0.2) is 47.1 Å². The zero-order valence-electron chi connectivity index (χ0n) is 20.4. The lowest BCUT2D eigenvalue weighted by atomic mass is 9.92. The minimum Gasteiger partial charge on any atom is -0.497 e. The van der Waals surface area contributed by atoms with Gasteiger partial charge in [-0.15, -0.1) is 11.3 Å². The van der Waals surface area contributed by atoms with Gasteiger partial charge in [-0.05, 0) is 75.8 Å². The fourth-order valence-electron chi connectivity index (χ4n) is 4.53. The van der Waals surface area contributed by atoms with Crippen molar-refractivity contribution >= 4 is 11.3 Å². The van der Waals surface area contributed by atoms with E-state index in [0.717, 1.165) is 59.1 Å². The van der Waals surface area contributed by atoms with Crippen LogP contribution in [0.1, 0.15) is 42.1 Å². The smallest absolute Gasteiger partial charge is 0.153 e. The topological polar surface area (TPSA) is 77.2 Å². The van der Waals surface area contributed by atoms with E-state index >= 15 is 0 Å². The van der Waals surface area contributed by atoms with Crippen molar-refractivity contribution < 1.29 is 4.74 Å². The van der Waals surface area contributed by atoms with Crippen LogP contribution in [0.25, 0.3) is 21.8 Å². The maximum Gasteiger partial charge on any atom is 0.153 e. The van der Waals surface area contributed by atoms with Crippen LogP contribution in [-0.2, 0) is 5.54 Å². The number of methoxy groups -OCH3 is 1. The molecular formula is C28H31N5OS. The van der Waals surface area contributed by atoms with Crippen molar-refractivity contribution in [3.05, 3.63) is 83.3 Å². The number of nitrogens with zero attached hydrogens (tertiary/aromatic N) is 4. The molecule has 4 aromatic rings. The quantitative estimate of drug-likeness (QED) is 0.399. The van der Waals surface area contributed by atoms with Gasteiger partial charge in [-0.2, -0.15) is 0 Å². The Bertz CT molecular complexity index is 1280. The van der Waals surface area contributed by atoms with Gasteiger partial charge in [0.1, 0.15) is 5.75 Å². The van der Waals surface area contributed by atoms with Crippen molar-refractivity contribution in [3.8, 4) is 27.6 Å². The van der Waals surface area contributed by atoms with E-state index in [1.54, 1.807) is 24.6 Å². The molecule has 0 aliphatic carbocycles. The lowest BCUT2D eigenvalue weighted by Crippen LogP contribution is -2.36. The summed E-state index contributed by atoms with van der Waals surface area (Å²) in [5.41, 5.74) is 9.79. The number of benzene rings is 2. The molecule has 3 heterocycles. The summed E-state index contributed by atoms with van der Waals surface area (Å²) in [5, 5.41) is 1.18. The number of nitrogens with two attached hydrogens (primary N) is 1. The number of piperidine rings is 1. The lowest BCUT2D eigenvalue weighted by Gasteiger charge is -2.27. The largest absolute Gasteiger partial charge is 0.497 e. The maximum atomic E-state index is 6.77. The predicted molar refractivity (Wildman–Crippen MR) is 142 cm³/mol. The summed E-state index contributed by atoms with van der Waals surface area (Å²) in [6, 6.07) is 20.0. The van der Waals surface area contributed by atoms with Crippen LogP contribution in [0.15, 0.2) is 66.9 Å². The normalized spacial score (nSPS) is 16.7. The Morgan fingerprint density at radius 3 is 2.40 bits per heavy atom. The Labute approximate surface area is 210 Å². The van der Waals surface area contributed by atoms with E-state index in [4.69, 9.17) is 20.4 Å². The van der Waals surface area contributed by atoms with Crippen molar-refractivity contribution in [1.82, 2.24) is 19.9 Å². The summed E-state index contributed by atoms with van der Waals surface area (Å²) in [5.74, 6) is 1.88. The van der Waals surface area contributed by atoms with Crippen LogP contribution >= 0.6 is 11.3 Å². The summed E-state index contributed by atoms with van der Waals surface area (Å²) < 4.78 is 5.37. The van der Waals surface area contributed by atoms with Crippen LogP contribution < -0.4 is 10.5 Å². The fraction of sp³-hybridized carbons (Fsp3) is 0.321. The minimum absolute atomic E-state index is 0.465. The number of aromatic nitrogens is 3. The van der Waals surface area contributed by atoms with Gasteiger partial charge >= 0.3 is 0 Å². The molecule has 2 N–H and O–H groups in total. The van der Waals surface area contributed by atoms with Gasteiger partial charge in [0, 0.05) is 17.7 Å². The Morgan fingerprint density at radius 1 is 1.00 bits per heavy atom. The van der Waals surface area contributed by atoms with Crippen LogP contribution in [0.3, 0.4) is 0 Å². The maximum absolute atomic E-state index is 6.77. The fourth-order valence-corrected chi connectivity index (χ4v) is 5.76. The number of ether oxygens (including phenoxy) is 1. The van der Waals surface area contributed by atoms with Gasteiger partial charge in [0.05, 0.1) is 33.9 Å². The van der Waals surface area contributed by atoms with Crippen LogP contribution in [0.5, 0.6) is 5.75 Å². The molecule has 0 spiro atoms. The van der Waals surface area contributed by atoms with Crippen molar-refractivity contribution in [3.63, 3.8) is 0 Å². The van der Waals surface area contributed by atoms with E-state index in [1.807, 2.05) is 55.5 Å². The van der Waals surface area contributed by atoms with Gasteiger partial charge < -0.3 is 15.4 Å². The van der Waals surface area contributed by atoms with Crippen molar-refractivity contribution in [2.24, 2.45) is 5.73 Å². The molecule has 1 aliphatic heterocycles. The highest BCUT2D eigenvalue weighted by molar-refractivity contribution is 7.15. The van der Waals surface area contributed by atoms with Gasteiger partial charge in [0.15, 0.2) is 5.82 Å². The first-order valence-electron chi connectivity index (χ1n) is 12.0. The van der Waals surface area contributed by atoms with Gasteiger partial charge in [0.2, 0.25) is 0 Å². The third-order valence-electron chi connectivity index (χ3n) is 6.80. The highest BCUT2D eigenvalue weighted by Gasteiger charge is 2.29. The summed E-state index contributed by atoms with van der Waals surface area (Å²) in [7, 11) is 3.87.